The zero-order chi connectivity index (χ0) is 14.5. The lowest BCUT2D eigenvalue weighted by molar-refractivity contribution is 0.101. The molecule has 0 bridgehead atoms. The average molecular weight is 291 g/mol. The first-order chi connectivity index (χ1) is 9.54. The van der Waals surface area contributed by atoms with Crippen molar-refractivity contribution in [3.8, 4) is 0 Å². The second kappa shape index (κ2) is 6.12. The molecule has 0 unspecified atom stereocenters. The van der Waals surface area contributed by atoms with Crippen LogP contribution in [-0.4, -0.2) is 21.8 Å². The Morgan fingerprint density at radius 2 is 1.65 bits per heavy atom. The minimum Gasteiger partial charge on any atom is -0.308 e. The number of nitrogens with zero attached hydrogens (tertiary/aromatic N) is 2. The highest BCUT2D eigenvalue weighted by Crippen LogP contribution is 2.13. The molecular weight excluding hydrogens is 280 g/mol. The van der Waals surface area contributed by atoms with Gasteiger partial charge in [-0.05, 0) is 24.3 Å². The summed E-state index contributed by atoms with van der Waals surface area (Å²) in [5, 5.41) is 5.48. The molecule has 6 nitrogen and oxygen atoms in total. The van der Waals surface area contributed by atoms with Crippen molar-refractivity contribution < 1.29 is 9.59 Å². The number of hydrogen-bond acceptors (Lipinski definition) is 4. The molecule has 0 atom stereocenters. The minimum absolute atomic E-state index is 0.171. The zero-order valence-electron chi connectivity index (χ0n) is 10.6. The first-order valence-electron chi connectivity index (χ1n) is 5.71. The van der Waals surface area contributed by atoms with E-state index in [1.807, 2.05) is 0 Å². The van der Waals surface area contributed by atoms with Crippen molar-refractivity contribution in [3.05, 3.63) is 47.5 Å². The van der Waals surface area contributed by atoms with E-state index in [4.69, 9.17) is 11.6 Å². The number of pyridine rings is 2. The van der Waals surface area contributed by atoms with Gasteiger partial charge in [0.1, 0.15) is 10.8 Å². The van der Waals surface area contributed by atoms with Crippen molar-refractivity contribution in [1.29, 1.82) is 0 Å². The summed E-state index contributed by atoms with van der Waals surface area (Å²) in [5.41, 5.74) is 1.28. The normalized spacial score (nSPS) is 9.90. The molecule has 0 fully saturated rings. The van der Waals surface area contributed by atoms with Crippen molar-refractivity contribution in [2.24, 2.45) is 0 Å². The molecule has 0 saturated heterocycles. The number of aromatic nitrogens is 2. The van der Waals surface area contributed by atoms with Crippen LogP contribution in [0.5, 0.6) is 0 Å². The third-order valence-electron chi connectivity index (χ3n) is 2.36. The first kappa shape index (κ1) is 14.0. The maximum Gasteiger partial charge on any atom is 0.323 e. The van der Waals surface area contributed by atoms with E-state index in [2.05, 4.69) is 20.6 Å². The number of rotatable bonds is 3. The summed E-state index contributed by atoms with van der Waals surface area (Å²) in [6, 6.07) is 5.77. The topological polar surface area (TPSA) is 84.0 Å². The van der Waals surface area contributed by atoms with Gasteiger partial charge in [0.2, 0.25) is 0 Å². The second-order valence-electron chi connectivity index (χ2n) is 3.93. The summed E-state index contributed by atoms with van der Waals surface area (Å²) in [6.07, 6.45) is 2.94. The number of hydrogen-bond donors (Lipinski definition) is 2. The number of anilines is 2. The van der Waals surface area contributed by atoms with Gasteiger partial charge in [-0.2, -0.15) is 0 Å². The molecule has 0 aliphatic carbocycles. The fourth-order valence-corrected chi connectivity index (χ4v) is 1.65. The molecular formula is C13H11ClN4O2. The fourth-order valence-electron chi connectivity index (χ4n) is 1.47. The Morgan fingerprint density at radius 3 is 2.25 bits per heavy atom. The first-order valence-corrected chi connectivity index (χ1v) is 6.09. The Kier molecular flexibility index (Phi) is 4.27. The second-order valence-corrected chi connectivity index (χ2v) is 4.32. The van der Waals surface area contributed by atoms with Crippen LogP contribution in [0.3, 0.4) is 0 Å². The number of Topliss-reactive ketones (excluding diaryl/α,β-unsaturated/α-hetero) is 1. The van der Waals surface area contributed by atoms with E-state index in [0.717, 1.165) is 0 Å². The highest BCUT2D eigenvalue weighted by Gasteiger charge is 2.06. The minimum atomic E-state index is -0.451. The standard InChI is InChI=1S/C13H11ClN4O2/c1-8(19)11-6-9(2-4-15-11)17-13(20)18-10-3-5-16-12(14)7-10/h2-7H,1H3,(H2,15,16,17,18,20). The van der Waals surface area contributed by atoms with Crippen LogP contribution in [0.2, 0.25) is 5.15 Å². The molecule has 7 heteroatoms. The molecule has 2 N–H and O–H groups in total. The molecule has 2 aromatic heterocycles. The van der Waals surface area contributed by atoms with E-state index in [1.165, 1.54) is 31.5 Å². The van der Waals surface area contributed by atoms with Gasteiger partial charge < -0.3 is 10.6 Å². The van der Waals surface area contributed by atoms with Gasteiger partial charge in [0.05, 0.1) is 0 Å². The molecule has 0 aliphatic rings. The Balaban J connectivity index is 2.04. The van der Waals surface area contributed by atoms with Crippen molar-refractivity contribution in [2.45, 2.75) is 6.92 Å². The highest BCUT2D eigenvalue weighted by molar-refractivity contribution is 6.29. The molecule has 0 aliphatic heterocycles. The number of carbonyl (C=O) groups excluding carboxylic acids is 2. The van der Waals surface area contributed by atoms with Gasteiger partial charge >= 0.3 is 6.03 Å². The smallest absolute Gasteiger partial charge is 0.308 e. The molecule has 2 aromatic rings. The SMILES string of the molecule is CC(=O)c1cc(NC(=O)Nc2ccnc(Cl)c2)ccn1. The van der Waals surface area contributed by atoms with Crippen molar-refractivity contribution in [3.63, 3.8) is 0 Å². The monoisotopic (exact) mass is 290 g/mol. The maximum absolute atomic E-state index is 11.8. The summed E-state index contributed by atoms with van der Waals surface area (Å²) in [7, 11) is 0. The van der Waals surface area contributed by atoms with E-state index in [9.17, 15) is 9.59 Å². The predicted octanol–water partition coefficient (Wildman–Crippen LogP) is 2.98. The van der Waals surface area contributed by atoms with Crippen LogP contribution in [0.15, 0.2) is 36.7 Å². The van der Waals surface area contributed by atoms with Crippen LogP contribution >= 0.6 is 11.6 Å². The van der Waals surface area contributed by atoms with Crippen LogP contribution in [0.4, 0.5) is 16.2 Å². The molecule has 20 heavy (non-hydrogen) atoms. The van der Waals surface area contributed by atoms with Gasteiger partial charge in [0, 0.05) is 30.7 Å². The van der Waals surface area contributed by atoms with Crippen molar-refractivity contribution in [2.75, 3.05) is 10.6 Å². The van der Waals surface area contributed by atoms with Gasteiger partial charge in [-0.3, -0.25) is 9.78 Å². The Labute approximate surface area is 120 Å². The predicted molar refractivity (Wildman–Crippen MR) is 76.1 cm³/mol. The van der Waals surface area contributed by atoms with E-state index in [-0.39, 0.29) is 16.6 Å². The summed E-state index contributed by atoms with van der Waals surface area (Å²) in [4.78, 5) is 30.7. The molecule has 2 amide bonds. The third-order valence-corrected chi connectivity index (χ3v) is 2.57. The Morgan fingerprint density at radius 1 is 1.05 bits per heavy atom. The largest absolute Gasteiger partial charge is 0.323 e. The van der Waals surface area contributed by atoms with Crippen LogP contribution in [0, 0.1) is 0 Å². The average Bonchev–Trinajstić information content (AvgIpc) is 2.38. The van der Waals surface area contributed by atoms with Gasteiger partial charge in [0.25, 0.3) is 0 Å². The summed E-state index contributed by atoms with van der Waals surface area (Å²) < 4.78 is 0. The number of amides is 2. The van der Waals surface area contributed by atoms with Gasteiger partial charge in [-0.1, -0.05) is 11.6 Å². The number of ketones is 1. The molecule has 2 heterocycles. The van der Waals surface area contributed by atoms with Crippen molar-refractivity contribution in [1.82, 2.24) is 9.97 Å². The molecule has 0 aromatic carbocycles. The van der Waals surface area contributed by atoms with E-state index >= 15 is 0 Å². The molecule has 2 rings (SSSR count). The van der Waals surface area contributed by atoms with Crippen LogP contribution in [-0.2, 0) is 0 Å². The van der Waals surface area contributed by atoms with Gasteiger partial charge in [0.15, 0.2) is 5.78 Å². The van der Waals surface area contributed by atoms with Crippen LogP contribution in [0.25, 0.3) is 0 Å². The third kappa shape index (κ3) is 3.76. The van der Waals surface area contributed by atoms with E-state index in [0.29, 0.717) is 11.4 Å². The number of nitrogens with one attached hydrogen (secondary N) is 2. The molecule has 0 radical (unpaired) electrons. The lowest BCUT2D eigenvalue weighted by Gasteiger charge is -2.08. The Hall–Kier alpha value is -2.47. The van der Waals surface area contributed by atoms with Gasteiger partial charge in [-0.15, -0.1) is 0 Å². The molecule has 0 saturated carbocycles. The van der Waals surface area contributed by atoms with Gasteiger partial charge in [-0.25, -0.2) is 9.78 Å². The van der Waals surface area contributed by atoms with Crippen LogP contribution < -0.4 is 10.6 Å². The molecule has 102 valence electrons. The summed E-state index contributed by atoms with van der Waals surface area (Å²) >= 11 is 5.72. The maximum atomic E-state index is 11.8. The number of halogens is 1. The van der Waals surface area contributed by atoms with E-state index < -0.39 is 6.03 Å². The lowest BCUT2D eigenvalue weighted by Crippen LogP contribution is -2.19. The van der Waals surface area contributed by atoms with E-state index in [1.54, 1.807) is 12.1 Å². The lowest BCUT2D eigenvalue weighted by atomic mass is 10.2. The molecule has 0 spiro atoms. The van der Waals surface area contributed by atoms with Crippen LogP contribution in [0.1, 0.15) is 17.4 Å². The Bertz CT molecular complexity index is 660. The summed E-state index contributed by atoms with van der Waals surface area (Å²) in [6.45, 7) is 1.41. The highest BCUT2D eigenvalue weighted by atomic mass is 35.5. The summed E-state index contributed by atoms with van der Waals surface area (Å²) in [5.74, 6) is -0.171. The fraction of sp³-hybridized carbons (Fsp3) is 0.0769. The number of urea groups is 1. The number of carbonyl (C=O) groups is 2. The van der Waals surface area contributed by atoms with Crippen molar-refractivity contribution >= 4 is 34.8 Å². The zero-order valence-corrected chi connectivity index (χ0v) is 11.3. The quantitative estimate of drug-likeness (QED) is 0.672.